The first-order chi connectivity index (χ1) is 10.2. The lowest BCUT2D eigenvalue weighted by Crippen LogP contribution is -2.42. The number of benzene rings is 1. The molecular formula is C19H24N2O. The number of para-hydroxylation sites is 1. The van der Waals surface area contributed by atoms with E-state index in [0.29, 0.717) is 6.54 Å². The van der Waals surface area contributed by atoms with Gasteiger partial charge in [-0.2, -0.15) is 0 Å². The molecule has 1 amide bonds. The third kappa shape index (κ3) is 2.35. The number of nitrogens with one attached hydrogen (secondary N) is 1. The zero-order chi connectivity index (χ0) is 16.1. The summed E-state index contributed by atoms with van der Waals surface area (Å²) in [5.74, 6) is 0.159. The number of hydrogen-bond acceptors (Lipinski definition) is 1. The maximum atomic E-state index is 12.7. The monoisotopic (exact) mass is 296 g/mol. The lowest BCUT2D eigenvalue weighted by Gasteiger charge is -2.33. The minimum absolute atomic E-state index is 0.112. The summed E-state index contributed by atoms with van der Waals surface area (Å²) in [4.78, 5) is 18.0. The average molecular weight is 296 g/mol. The molecule has 0 radical (unpaired) electrons. The lowest BCUT2D eigenvalue weighted by molar-refractivity contribution is -0.137. The maximum Gasteiger partial charge on any atom is 0.231 e. The van der Waals surface area contributed by atoms with Gasteiger partial charge in [0.15, 0.2) is 0 Å². The van der Waals surface area contributed by atoms with Crippen molar-refractivity contribution >= 4 is 22.9 Å². The molecule has 0 saturated carbocycles. The number of H-pyrrole nitrogens is 1. The zero-order valence-corrected chi connectivity index (χ0v) is 14.0. The predicted molar refractivity (Wildman–Crippen MR) is 91.5 cm³/mol. The summed E-state index contributed by atoms with van der Waals surface area (Å²) in [5.41, 5.74) is 3.07. The van der Waals surface area contributed by atoms with Crippen molar-refractivity contribution in [3.63, 3.8) is 0 Å². The van der Waals surface area contributed by atoms with Gasteiger partial charge < -0.3 is 9.88 Å². The Morgan fingerprint density at radius 1 is 1.23 bits per heavy atom. The summed E-state index contributed by atoms with van der Waals surface area (Å²) in [7, 11) is 0. The van der Waals surface area contributed by atoms with Gasteiger partial charge in [0, 0.05) is 40.2 Å². The van der Waals surface area contributed by atoms with E-state index < -0.39 is 0 Å². The molecule has 0 bridgehead atoms. The molecule has 2 aromatic rings. The number of carbonyl (C=O) groups excluding carboxylic acids is 1. The van der Waals surface area contributed by atoms with Crippen molar-refractivity contribution in [1.82, 2.24) is 9.88 Å². The van der Waals surface area contributed by atoms with E-state index in [0.717, 1.165) is 11.2 Å². The minimum atomic E-state index is -0.374. The highest BCUT2D eigenvalue weighted by Crippen LogP contribution is 2.37. The van der Waals surface area contributed by atoms with Crippen molar-refractivity contribution in [2.24, 2.45) is 5.41 Å². The van der Waals surface area contributed by atoms with Crippen LogP contribution in [0.4, 0.5) is 0 Å². The summed E-state index contributed by atoms with van der Waals surface area (Å²) in [6, 6.07) is 8.37. The number of hydrogen-bond donors (Lipinski definition) is 1. The fourth-order valence-electron chi connectivity index (χ4n) is 3.31. The number of aromatic amines is 1. The quantitative estimate of drug-likeness (QED) is 0.773. The van der Waals surface area contributed by atoms with Crippen LogP contribution in [0.1, 0.15) is 45.9 Å². The molecule has 22 heavy (non-hydrogen) atoms. The first kappa shape index (κ1) is 14.9. The molecule has 0 aliphatic carbocycles. The molecule has 1 aliphatic heterocycles. The molecule has 3 nitrogen and oxygen atoms in total. The molecule has 0 unspecified atom stereocenters. The van der Waals surface area contributed by atoms with E-state index in [1.54, 1.807) is 0 Å². The van der Waals surface area contributed by atoms with E-state index in [1.165, 1.54) is 10.9 Å². The van der Waals surface area contributed by atoms with Crippen molar-refractivity contribution in [3.05, 3.63) is 41.7 Å². The molecule has 1 aliphatic rings. The third-order valence-corrected chi connectivity index (χ3v) is 4.30. The van der Waals surface area contributed by atoms with Gasteiger partial charge in [0.1, 0.15) is 0 Å². The van der Waals surface area contributed by atoms with Gasteiger partial charge in [0.25, 0.3) is 0 Å². The lowest BCUT2D eigenvalue weighted by atomic mass is 9.82. The molecule has 2 heterocycles. The van der Waals surface area contributed by atoms with Crippen LogP contribution in [0.3, 0.4) is 0 Å². The summed E-state index contributed by atoms with van der Waals surface area (Å²) >= 11 is 0. The van der Waals surface area contributed by atoms with Gasteiger partial charge >= 0.3 is 0 Å². The van der Waals surface area contributed by atoms with Gasteiger partial charge in [-0.25, -0.2) is 0 Å². The zero-order valence-electron chi connectivity index (χ0n) is 14.0. The van der Waals surface area contributed by atoms with E-state index in [4.69, 9.17) is 0 Å². The smallest absolute Gasteiger partial charge is 0.231 e. The van der Waals surface area contributed by atoms with Crippen LogP contribution in [-0.2, 0) is 10.2 Å². The number of amides is 1. The van der Waals surface area contributed by atoms with E-state index in [9.17, 15) is 4.79 Å². The number of rotatable bonds is 0. The van der Waals surface area contributed by atoms with Crippen LogP contribution in [0.25, 0.3) is 17.0 Å². The average Bonchev–Trinajstić information content (AvgIpc) is 2.74. The van der Waals surface area contributed by atoms with Crippen molar-refractivity contribution in [3.8, 4) is 0 Å². The van der Waals surface area contributed by atoms with Crippen LogP contribution in [0.15, 0.2) is 30.5 Å². The molecular weight excluding hydrogens is 272 g/mol. The molecule has 3 rings (SSSR count). The summed E-state index contributed by atoms with van der Waals surface area (Å²) < 4.78 is 0. The van der Waals surface area contributed by atoms with Crippen molar-refractivity contribution in [1.29, 1.82) is 0 Å². The van der Waals surface area contributed by atoms with Crippen LogP contribution in [-0.4, -0.2) is 22.3 Å². The van der Waals surface area contributed by atoms with Gasteiger partial charge in [0.2, 0.25) is 5.91 Å². The number of carbonyl (C=O) groups is 1. The molecule has 0 fully saturated rings. The van der Waals surface area contributed by atoms with Gasteiger partial charge in [0.05, 0.1) is 0 Å². The highest BCUT2D eigenvalue weighted by molar-refractivity contribution is 5.90. The first-order valence-corrected chi connectivity index (χ1v) is 7.81. The van der Waals surface area contributed by atoms with Crippen LogP contribution < -0.4 is 0 Å². The predicted octanol–water partition coefficient (Wildman–Crippen LogP) is 4.30. The molecule has 116 valence electrons. The topological polar surface area (TPSA) is 36.1 Å². The van der Waals surface area contributed by atoms with Crippen LogP contribution in [0.2, 0.25) is 0 Å². The molecule has 0 atom stereocenters. The van der Waals surface area contributed by atoms with Crippen LogP contribution in [0.5, 0.6) is 0 Å². The van der Waals surface area contributed by atoms with Gasteiger partial charge in [-0.05, 0) is 17.7 Å². The van der Waals surface area contributed by atoms with Crippen molar-refractivity contribution in [2.45, 2.75) is 40.0 Å². The first-order valence-electron chi connectivity index (χ1n) is 7.81. The Kier molecular flexibility index (Phi) is 3.20. The second-order valence-corrected chi connectivity index (χ2v) is 7.84. The highest BCUT2D eigenvalue weighted by atomic mass is 16.2. The fourth-order valence-corrected chi connectivity index (χ4v) is 3.31. The normalized spacial score (nSPS) is 17.4. The maximum absolute atomic E-state index is 12.7. The Labute approximate surface area is 132 Å². The Bertz CT molecular complexity index is 759. The number of aromatic nitrogens is 1. The van der Waals surface area contributed by atoms with Gasteiger partial charge in [-0.1, -0.05) is 52.8 Å². The van der Waals surface area contributed by atoms with Gasteiger partial charge in [-0.15, -0.1) is 0 Å². The van der Waals surface area contributed by atoms with Crippen LogP contribution >= 0.6 is 0 Å². The SMILES string of the molecule is CC(C)(C)C(=O)N1C=Cc2[nH]c3ccccc3c2C(C)(C)C1. The summed E-state index contributed by atoms with van der Waals surface area (Å²) in [5, 5.41) is 1.25. The minimum Gasteiger partial charge on any atom is -0.355 e. The van der Waals surface area contributed by atoms with E-state index in [-0.39, 0.29) is 16.7 Å². The number of nitrogens with zero attached hydrogens (tertiary/aromatic N) is 1. The molecule has 0 spiro atoms. The Hall–Kier alpha value is -2.03. The van der Waals surface area contributed by atoms with Crippen molar-refractivity contribution < 1.29 is 4.79 Å². The Morgan fingerprint density at radius 3 is 2.59 bits per heavy atom. The molecule has 1 N–H and O–H groups in total. The molecule has 3 heteroatoms. The van der Waals surface area contributed by atoms with E-state index in [2.05, 4.69) is 37.0 Å². The second kappa shape index (κ2) is 4.73. The Balaban J connectivity index is 2.11. The van der Waals surface area contributed by atoms with Crippen molar-refractivity contribution in [2.75, 3.05) is 6.54 Å². The fraction of sp³-hybridized carbons (Fsp3) is 0.421. The standard InChI is InChI=1S/C19H24N2O/c1-18(2,3)17(22)21-11-10-15-16(19(4,5)12-21)13-8-6-7-9-14(13)20-15/h6-11,20H,12H2,1-5H3. The Morgan fingerprint density at radius 2 is 1.91 bits per heavy atom. The van der Waals surface area contributed by atoms with Gasteiger partial charge in [-0.3, -0.25) is 4.79 Å². The molecule has 0 saturated heterocycles. The second-order valence-electron chi connectivity index (χ2n) is 7.84. The summed E-state index contributed by atoms with van der Waals surface area (Å²) in [6.07, 6.45) is 3.96. The summed E-state index contributed by atoms with van der Waals surface area (Å²) in [6.45, 7) is 11.0. The van der Waals surface area contributed by atoms with E-state index >= 15 is 0 Å². The van der Waals surface area contributed by atoms with Crippen LogP contribution in [0, 0.1) is 5.41 Å². The third-order valence-electron chi connectivity index (χ3n) is 4.30. The largest absolute Gasteiger partial charge is 0.355 e. The number of fused-ring (bicyclic) bond motifs is 3. The molecule has 1 aromatic carbocycles. The molecule has 1 aromatic heterocycles. The highest BCUT2D eigenvalue weighted by Gasteiger charge is 2.35. The van der Waals surface area contributed by atoms with E-state index in [1.807, 2.05) is 44.0 Å².